The first-order valence-electron chi connectivity index (χ1n) is 12.4. The van der Waals surface area contributed by atoms with Crippen LogP contribution < -0.4 is 5.43 Å². The minimum atomic E-state index is -0.834. The van der Waals surface area contributed by atoms with Crippen LogP contribution in [-0.4, -0.2) is 45.5 Å². The second-order valence-electron chi connectivity index (χ2n) is 8.71. The smallest absolute Gasteiger partial charge is 0.294 e. The normalized spacial score (nSPS) is 13.4. The standard InChI is InChI=1S/C27H27Cl2N5O4/c1-2-22-25(27(35)31-32-15-5-3-6-16-32)30-33(24-14-13-21(28)18-23(24)29)26(22)20-11-9-19(10-12-20)8-4-7-17-38-34(36)37/h9-14,18H,2-3,5-7,15-17H2,1H3,(H,31,35). The van der Waals surface area contributed by atoms with E-state index in [4.69, 9.17) is 28.3 Å². The lowest BCUT2D eigenvalue weighted by atomic mass is 10.0. The van der Waals surface area contributed by atoms with E-state index < -0.39 is 5.09 Å². The number of hydrazine groups is 1. The van der Waals surface area contributed by atoms with E-state index in [1.54, 1.807) is 22.9 Å². The lowest BCUT2D eigenvalue weighted by molar-refractivity contribution is -0.757. The third kappa shape index (κ3) is 6.64. The molecule has 0 radical (unpaired) electrons. The zero-order valence-electron chi connectivity index (χ0n) is 20.9. The van der Waals surface area contributed by atoms with Crippen molar-refractivity contribution in [3.05, 3.63) is 79.4 Å². The van der Waals surface area contributed by atoms with E-state index in [9.17, 15) is 14.9 Å². The van der Waals surface area contributed by atoms with Crippen LogP contribution in [0.2, 0.25) is 10.0 Å². The van der Waals surface area contributed by atoms with Gasteiger partial charge in [0, 0.05) is 41.2 Å². The van der Waals surface area contributed by atoms with Crippen LogP contribution in [0.3, 0.4) is 0 Å². The lowest BCUT2D eigenvalue weighted by Gasteiger charge is -2.26. The molecule has 1 saturated heterocycles. The van der Waals surface area contributed by atoms with Gasteiger partial charge in [0.15, 0.2) is 5.69 Å². The molecular weight excluding hydrogens is 529 g/mol. The van der Waals surface area contributed by atoms with Crippen molar-refractivity contribution in [2.24, 2.45) is 0 Å². The van der Waals surface area contributed by atoms with Crippen molar-refractivity contribution in [1.82, 2.24) is 20.2 Å². The highest BCUT2D eigenvalue weighted by atomic mass is 35.5. The number of halogens is 2. The fraction of sp³-hybridized carbons (Fsp3) is 0.333. The number of piperidine rings is 1. The molecule has 1 N–H and O–H groups in total. The maximum Gasteiger partial charge on any atom is 0.294 e. The summed E-state index contributed by atoms with van der Waals surface area (Å²) in [5, 5.41) is 17.0. The predicted octanol–water partition coefficient (Wildman–Crippen LogP) is 5.49. The number of amides is 1. The largest absolute Gasteiger partial charge is 0.313 e. The summed E-state index contributed by atoms with van der Waals surface area (Å²) in [5.41, 5.74) is 7.08. The average molecular weight is 556 g/mol. The summed E-state index contributed by atoms with van der Waals surface area (Å²) in [6.07, 6.45) is 4.05. The molecule has 0 bridgehead atoms. The Morgan fingerprint density at radius 2 is 1.89 bits per heavy atom. The van der Waals surface area contributed by atoms with Gasteiger partial charge in [0.1, 0.15) is 6.61 Å². The zero-order valence-corrected chi connectivity index (χ0v) is 22.4. The maximum absolute atomic E-state index is 13.4. The Morgan fingerprint density at radius 1 is 1.16 bits per heavy atom. The monoisotopic (exact) mass is 555 g/mol. The van der Waals surface area contributed by atoms with Gasteiger partial charge in [0.25, 0.3) is 11.0 Å². The van der Waals surface area contributed by atoms with Gasteiger partial charge in [0.2, 0.25) is 0 Å². The molecule has 1 aromatic heterocycles. The van der Waals surface area contributed by atoms with Crippen LogP contribution >= 0.6 is 23.2 Å². The maximum atomic E-state index is 13.4. The SMILES string of the molecule is CCc1c(C(=O)NN2CCCCC2)nn(-c2ccc(Cl)cc2Cl)c1-c1ccc(C#CCCO[N+](=O)[O-])cc1. The highest BCUT2D eigenvalue weighted by Gasteiger charge is 2.26. The number of hydrogen-bond donors (Lipinski definition) is 1. The summed E-state index contributed by atoms with van der Waals surface area (Å²) < 4.78 is 1.69. The second kappa shape index (κ2) is 12.8. The van der Waals surface area contributed by atoms with E-state index in [-0.39, 0.29) is 18.9 Å². The predicted molar refractivity (Wildman–Crippen MR) is 146 cm³/mol. The summed E-state index contributed by atoms with van der Waals surface area (Å²) in [4.78, 5) is 27.9. The molecular formula is C27H27Cl2N5O4. The molecule has 0 spiro atoms. The van der Waals surface area contributed by atoms with Crippen molar-refractivity contribution in [2.45, 2.75) is 39.0 Å². The Balaban J connectivity index is 1.71. The van der Waals surface area contributed by atoms with Gasteiger partial charge in [0.05, 0.1) is 16.4 Å². The number of benzene rings is 2. The molecule has 0 aliphatic carbocycles. The van der Waals surface area contributed by atoms with E-state index in [2.05, 4.69) is 22.1 Å². The molecule has 198 valence electrons. The number of nitrogens with zero attached hydrogens (tertiary/aromatic N) is 4. The number of carbonyl (C=O) groups is 1. The van der Waals surface area contributed by atoms with Gasteiger partial charge in [-0.2, -0.15) is 5.10 Å². The van der Waals surface area contributed by atoms with Crippen molar-refractivity contribution in [1.29, 1.82) is 0 Å². The third-order valence-electron chi connectivity index (χ3n) is 6.12. The van der Waals surface area contributed by atoms with Crippen LogP contribution in [0.15, 0.2) is 42.5 Å². The molecule has 0 atom stereocenters. The molecule has 2 heterocycles. The van der Waals surface area contributed by atoms with Crippen molar-refractivity contribution in [3.63, 3.8) is 0 Å². The van der Waals surface area contributed by atoms with E-state index in [0.29, 0.717) is 27.8 Å². The van der Waals surface area contributed by atoms with Crippen LogP contribution in [-0.2, 0) is 11.3 Å². The number of rotatable bonds is 8. The van der Waals surface area contributed by atoms with E-state index in [0.717, 1.165) is 54.7 Å². The van der Waals surface area contributed by atoms with Crippen LogP contribution in [0, 0.1) is 22.0 Å². The Bertz CT molecular complexity index is 1370. The van der Waals surface area contributed by atoms with Crippen molar-refractivity contribution in [3.8, 4) is 28.8 Å². The van der Waals surface area contributed by atoms with Gasteiger partial charge >= 0.3 is 0 Å². The fourth-order valence-electron chi connectivity index (χ4n) is 4.34. The lowest BCUT2D eigenvalue weighted by Crippen LogP contribution is -2.45. The van der Waals surface area contributed by atoms with Gasteiger partial charge in [-0.25, -0.2) is 9.69 Å². The Morgan fingerprint density at radius 3 is 2.55 bits per heavy atom. The van der Waals surface area contributed by atoms with E-state index >= 15 is 0 Å². The van der Waals surface area contributed by atoms with Gasteiger partial charge < -0.3 is 4.84 Å². The van der Waals surface area contributed by atoms with Crippen molar-refractivity contribution in [2.75, 3.05) is 19.7 Å². The first-order valence-corrected chi connectivity index (χ1v) is 13.1. The quantitative estimate of drug-likeness (QED) is 0.170. The highest BCUT2D eigenvalue weighted by Crippen LogP contribution is 2.33. The first-order chi connectivity index (χ1) is 18.4. The summed E-state index contributed by atoms with van der Waals surface area (Å²) in [5.74, 6) is 5.58. The number of carbonyl (C=O) groups excluding carboxylic acids is 1. The minimum absolute atomic E-state index is 0.0821. The third-order valence-corrected chi connectivity index (χ3v) is 6.66. The molecule has 4 rings (SSSR count). The summed E-state index contributed by atoms with van der Waals surface area (Å²) in [6, 6.07) is 12.7. The molecule has 1 aliphatic heterocycles. The molecule has 1 aliphatic rings. The summed E-state index contributed by atoms with van der Waals surface area (Å²) in [6.45, 7) is 3.52. The Hall–Kier alpha value is -3.58. The minimum Gasteiger partial charge on any atom is -0.313 e. The van der Waals surface area contributed by atoms with Gasteiger partial charge in [-0.05, 0) is 49.6 Å². The topological polar surface area (TPSA) is 103 Å². The van der Waals surface area contributed by atoms with Crippen LogP contribution in [0.4, 0.5) is 0 Å². The van der Waals surface area contributed by atoms with Crippen molar-refractivity contribution < 1.29 is 14.7 Å². The molecule has 38 heavy (non-hydrogen) atoms. The van der Waals surface area contributed by atoms with Gasteiger partial charge in [-0.1, -0.05) is 60.5 Å². The van der Waals surface area contributed by atoms with Crippen LogP contribution in [0.1, 0.15) is 54.2 Å². The molecule has 3 aromatic rings. The second-order valence-corrected chi connectivity index (χ2v) is 9.56. The molecule has 1 fully saturated rings. The van der Waals surface area contributed by atoms with E-state index in [1.165, 1.54) is 0 Å². The first kappa shape index (κ1) is 27.5. The molecule has 0 saturated carbocycles. The Labute approximate surface area is 230 Å². The number of aromatic nitrogens is 2. The highest BCUT2D eigenvalue weighted by molar-refractivity contribution is 6.35. The molecule has 9 nitrogen and oxygen atoms in total. The van der Waals surface area contributed by atoms with Crippen LogP contribution in [0.25, 0.3) is 16.9 Å². The molecule has 1 amide bonds. The number of nitrogens with one attached hydrogen (secondary N) is 1. The van der Waals surface area contributed by atoms with Crippen LogP contribution in [0.5, 0.6) is 0 Å². The summed E-state index contributed by atoms with van der Waals surface area (Å²) in [7, 11) is 0. The molecule has 2 aromatic carbocycles. The molecule has 0 unspecified atom stereocenters. The summed E-state index contributed by atoms with van der Waals surface area (Å²) >= 11 is 12.7. The van der Waals surface area contributed by atoms with Gasteiger partial charge in [-0.3, -0.25) is 10.2 Å². The average Bonchev–Trinajstić information content (AvgIpc) is 3.29. The Kier molecular flexibility index (Phi) is 9.24. The van der Waals surface area contributed by atoms with E-state index in [1.807, 2.05) is 36.2 Å². The van der Waals surface area contributed by atoms with Crippen molar-refractivity contribution >= 4 is 29.1 Å². The van der Waals surface area contributed by atoms with Gasteiger partial charge in [-0.15, -0.1) is 10.1 Å². The number of hydrogen-bond acceptors (Lipinski definition) is 6. The fourth-order valence-corrected chi connectivity index (χ4v) is 4.83. The zero-order chi connectivity index (χ0) is 27.1. The molecule has 11 heteroatoms.